The lowest BCUT2D eigenvalue weighted by Crippen LogP contribution is -2.37. The van der Waals surface area contributed by atoms with Gasteiger partial charge in [0.25, 0.3) is 5.69 Å². The molecule has 1 aliphatic heterocycles. The molecule has 5 rings (SSSR count). The number of benzene rings is 2. The number of oxazole rings is 2. The lowest BCUT2D eigenvalue weighted by atomic mass is 9.98. The van der Waals surface area contributed by atoms with Crippen LogP contribution in [0.5, 0.6) is 0 Å². The van der Waals surface area contributed by atoms with Gasteiger partial charge in [-0.25, -0.2) is 9.78 Å². The highest BCUT2D eigenvalue weighted by molar-refractivity contribution is 5.76. The number of piperidine rings is 1. The summed E-state index contributed by atoms with van der Waals surface area (Å²) in [4.78, 5) is 29.7. The minimum atomic E-state index is -0.524. The molecule has 3 heterocycles. The first-order valence-electron chi connectivity index (χ1n) is 9.44. The van der Waals surface area contributed by atoms with Crippen LogP contribution in [0.1, 0.15) is 24.7 Å². The van der Waals surface area contributed by atoms with Gasteiger partial charge in [0.1, 0.15) is 5.52 Å². The molecule has 148 valence electrons. The number of hydrogen-bond donors (Lipinski definition) is 0. The summed E-state index contributed by atoms with van der Waals surface area (Å²) in [6.45, 7) is 1.79. The molecule has 29 heavy (non-hydrogen) atoms. The number of nitrogens with zero attached hydrogens (tertiary/aromatic N) is 4. The SMILES string of the molecule is O=c1oc2ccc([N+](=O)[O-])cc2n1CN1CCCC(c2nc3ccccc3o2)C1. The van der Waals surface area contributed by atoms with Crippen molar-refractivity contribution in [1.82, 2.24) is 14.5 Å². The summed E-state index contributed by atoms with van der Waals surface area (Å²) in [5, 5.41) is 11.1. The Morgan fingerprint density at radius 2 is 2.03 bits per heavy atom. The third-order valence-corrected chi connectivity index (χ3v) is 5.37. The Morgan fingerprint density at radius 3 is 2.86 bits per heavy atom. The standard InChI is InChI=1S/C20H18N4O5/c25-20-23(16-10-14(24(26)27)7-8-18(16)29-20)12-22-9-3-4-13(11-22)19-21-15-5-1-2-6-17(15)28-19/h1-2,5-8,10,13H,3-4,9,11-12H2. The van der Waals surface area contributed by atoms with Crippen molar-refractivity contribution in [2.75, 3.05) is 13.1 Å². The average Bonchev–Trinajstić information content (AvgIpc) is 3.29. The van der Waals surface area contributed by atoms with E-state index >= 15 is 0 Å². The third-order valence-electron chi connectivity index (χ3n) is 5.37. The molecule has 1 aliphatic rings. The van der Waals surface area contributed by atoms with E-state index in [1.807, 2.05) is 24.3 Å². The van der Waals surface area contributed by atoms with Gasteiger partial charge in [-0.2, -0.15) is 0 Å². The molecule has 1 saturated heterocycles. The predicted molar refractivity (Wildman–Crippen MR) is 105 cm³/mol. The van der Waals surface area contributed by atoms with Crippen molar-refractivity contribution >= 4 is 27.9 Å². The summed E-state index contributed by atoms with van der Waals surface area (Å²) >= 11 is 0. The Hall–Kier alpha value is -3.46. The lowest BCUT2D eigenvalue weighted by Gasteiger charge is -2.31. The van der Waals surface area contributed by atoms with E-state index < -0.39 is 10.7 Å². The zero-order valence-corrected chi connectivity index (χ0v) is 15.5. The van der Waals surface area contributed by atoms with E-state index in [0.717, 1.165) is 30.5 Å². The summed E-state index contributed by atoms with van der Waals surface area (Å²) in [6.07, 6.45) is 1.89. The normalized spacial score (nSPS) is 17.9. The highest BCUT2D eigenvalue weighted by Crippen LogP contribution is 2.29. The lowest BCUT2D eigenvalue weighted by molar-refractivity contribution is -0.384. The van der Waals surface area contributed by atoms with Gasteiger partial charge >= 0.3 is 5.76 Å². The van der Waals surface area contributed by atoms with Gasteiger partial charge in [-0.05, 0) is 37.6 Å². The van der Waals surface area contributed by atoms with Crippen LogP contribution in [0.3, 0.4) is 0 Å². The predicted octanol–water partition coefficient (Wildman–Crippen LogP) is 3.48. The van der Waals surface area contributed by atoms with Crippen LogP contribution in [0.2, 0.25) is 0 Å². The summed E-state index contributed by atoms with van der Waals surface area (Å²) in [7, 11) is 0. The highest BCUT2D eigenvalue weighted by Gasteiger charge is 2.26. The maximum atomic E-state index is 12.3. The van der Waals surface area contributed by atoms with E-state index in [-0.39, 0.29) is 11.6 Å². The summed E-state index contributed by atoms with van der Waals surface area (Å²) < 4.78 is 12.6. The number of para-hydroxylation sites is 2. The molecule has 0 spiro atoms. The Balaban J connectivity index is 1.41. The quantitative estimate of drug-likeness (QED) is 0.385. The second-order valence-corrected chi connectivity index (χ2v) is 7.28. The van der Waals surface area contributed by atoms with Crippen LogP contribution < -0.4 is 5.76 Å². The number of non-ortho nitro benzene ring substituents is 1. The van der Waals surface area contributed by atoms with E-state index in [1.165, 1.54) is 22.8 Å². The second-order valence-electron chi connectivity index (χ2n) is 7.28. The van der Waals surface area contributed by atoms with Crippen molar-refractivity contribution in [3.05, 3.63) is 69.0 Å². The number of nitro benzene ring substituents is 1. The van der Waals surface area contributed by atoms with Crippen molar-refractivity contribution in [3.63, 3.8) is 0 Å². The minimum absolute atomic E-state index is 0.0740. The molecule has 0 saturated carbocycles. The van der Waals surface area contributed by atoms with Crippen molar-refractivity contribution < 1.29 is 13.8 Å². The molecule has 2 aromatic carbocycles. The Kier molecular flexibility index (Phi) is 4.17. The topological polar surface area (TPSA) is 108 Å². The van der Waals surface area contributed by atoms with E-state index in [9.17, 15) is 14.9 Å². The van der Waals surface area contributed by atoms with Crippen molar-refractivity contribution in [2.24, 2.45) is 0 Å². The van der Waals surface area contributed by atoms with Crippen molar-refractivity contribution in [2.45, 2.75) is 25.4 Å². The zero-order chi connectivity index (χ0) is 20.0. The number of hydrogen-bond acceptors (Lipinski definition) is 7. The molecule has 1 unspecified atom stereocenters. The van der Waals surface area contributed by atoms with Gasteiger partial charge in [0.15, 0.2) is 17.1 Å². The molecular formula is C20H18N4O5. The number of nitro groups is 1. The summed E-state index contributed by atoms with van der Waals surface area (Å²) in [6, 6.07) is 11.8. The fourth-order valence-electron chi connectivity index (χ4n) is 3.95. The number of aromatic nitrogens is 2. The van der Waals surface area contributed by atoms with Gasteiger partial charge in [-0.1, -0.05) is 12.1 Å². The van der Waals surface area contributed by atoms with Gasteiger partial charge in [0, 0.05) is 24.6 Å². The molecule has 9 heteroatoms. The molecule has 0 N–H and O–H groups in total. The molecular weight excluding hydrogens is 376 g/mol. The monoisotopic (exact) mass is 394 g/mol. The Labute approximate surface area is 164 Å². The van der Waals surface area contributed by atoms with E-state index in [0.29, 0.717) is 30.2 Å². The Morgan fingerprint density at radius 1 is 1.17 bits per heavy atom. The van der Waals surface area contributed by atoms with Crippen LogP contribution >= 0.6 is 0 Å². The maximum Gasteiger partial charge on any atom is 0.421 e. The number of rotatable bonds is 4. The van der Waals surface area contributed by atoms with Crippen molar-refractivity contribution in [3.8, 4) is 0 Å². The third kappa shape index (κ3) is 3.19. The van der Waals surface area contributed by atoms with Crippen LogP contribution in [-0.2, 0) is 6.67 Å². The van der Waals surface area contributed by atoms with E-state index in [1.54, 1.807) is 0 Å². The summed E-state index contributed by atoms with van der Waals surface area (Å²) in [5.74, 6) is 0.305. The minimum Gasteiger partial charge on any atom is -0.440 e. The van der Waals surface area contributed by atoms with Crippen LogP contribution in [0.15, 0.2) is 56.1 Å². The summed E-state index contributed by atoms with van der Waals surface area (Å²) in [5.41, 5.74) is 2.30. The first-order chi connectivity index (χ1) is 14.1. The van der Waals surface area contributed by atoms with Crippen LogP contribution in [0, 0.1) is 10.1 Å². The fourth-order valence-corrected chi connectivity index (χ4v) is 3.95. The van der Waals surface area contributed by atoms with Gasteiger partial charge in [-0.15, -0.1) is 0 Å². The molecule has 9 nitrogen and oxygen atoms in total. The highest BCUT2D eigenvalue weighted by atomic mass is 16.6. The first-order valence-corrected chi connectivity index (χ1v) is 9.44. The smallest absolute Gasteiger partial charge is 0.421 e. The fraction of sp³-hybridized carbons (Fsp3) is 0.300. The van der Waals surface area contributed by atoms with E-state index in [2.05, 4.69) is 9.88 Å². The first kappa shape index (κ1) is 17.6. The molecule has 2 aromatic heterocycles. The molecule has 4 aromatic rings. The second kappa shape index (κ2) is 6.85. The van der Waals surface area contributed by atoms with E-state index in [4.69, 9.17) is 8.83 Å². The number of likely N-dealkylation sites (tertiary alicyclic amines) is 1. The van der Waals surface area contributed by atoms with Gasteiger partial charge < -0.3 is 8.83 Å². The average molecular weight is 394 g/mol. The molecule has 0 bridgehead atoms. The molecule has 0 amide bonds. The van der Waals surface area contributed by atoms with Crippen LogP contribution in [0.25, 0.3) is 22.2 Å². The van der Waals surface area contributed by atoms with Crippen molar-refractivity contribution in [1.29, 1.82) is 0 Å². The molecule has 0 radical (unpaired) electrons. The van der Waals surface area contributed by atoms with Gasteiger partial charge in [0.2, 0.25) is 0 Å². The van der Waals surface area contributed by atoms with Crippen LogP contribution in [0.4, 0.5) is 5.69 Å². The zero-order valence-electron chi connectivity index (χ0n) is 15.5. The molecule has 0 aliphatic carbocycles. The van der Waals surface area contributed by atoms with Gasteiger partial charge in [-0.3, -0.25) is 19.6 Å². The Bertz CT molecular complexity index is 1240. The molecule has 1 fully saturated rings. The van der Waals surface area contributed by atoms with Crippen LogP contribution in [-0.4, -0.2) is 32.5 Å². The largest absolute Gasteiger partial charge is 0.440 e. The maximum absolute atomic E-state index is 12.3. The van der Waals surface area contributed by atoms with Gasteiger partial charge in [0.05, 0.1) is 17.1 Å². The molecule has 1 atom stereocenters. The number of fused-ring (bicyclic) bond motifs is 2.